The molecule has 7 nitrogen and oxygen atoms in total. The molecule has 0 N–H and O–H groups in total. The van der Waals surface area contributed by atoms with Crippen LogP contribution in [-0.2, 0) is 12.0 Å². The second-order valence-electron chi connectivity index (χ2n) is 6.92. The zero-order chi connectivity index (χ0) is 20.7. The standard InChI is InChI=1S/C19H21ClN6OS/c1-19(2,3)17-25-26(10-6-5-9-21)18(28-17)24-16(23-12-22)14-11-13(20)7-8-15(14)27-4/h7-8,11H,5-6,10H2,1-4H3. The number of methoxy groups -OCH3 is 1. The van der Waals surface area contributed by atoms with Crippen molar-refractivity contribution in [2.45, 2.75) is 45.6 Å². The molecule has 9 heteroatoms. The highest BCUT2D eigenvalue weighted by atomic mass is 35.5. The zero-order valence-corrected chi connectivity index (χ0v) is 17.8. The molecule has 0 saturated heterocycles. The van der Waals surface area contributed by atoms with Crippen molar-refractivity contribution in [3.05, 3.63) is 38.6 Å². The lowest BCUT2D eigenvalue weighted by Gasteiger charge is -2.12. The average Bonchev–Trinajstić information content (AvgIpc) is 3.05. The molecule has 2 aromatic rings. The average molecular weight is 417 g/mol. The minimum atomic E-state index is -0.157. The summed E-state index contributed by atoms with van der Waals surface area (Å²) in [6, 6.07) is 7.19. The number of unbranched alkanes of at least 4 members (excludes halogenated alkanes) is 1. The van der Waals surface area contributed by atoms with Crippen LogP contribution in [0.5, 0.6) is 5.75 Å². The maximum atomic E-state index is 9.16. The molecule has 0 saturated carbocycles. The van der Waals surface area contributed by atoms with Crippen molar-refractivity contribution in [3.8, 4) is 18.0 Å². The molecule has 1 heterocycles. The molecule has 0 spiro atoms. The third-order valence-electron chi connectivity index (χ3n) is 3.68. The summed E-state index contributed by atoms with van der Waals surface area (Å²) in [4.78, 5) is 9.08. The monoisotopic (exact) mass is 416 g/mol. The summed E-state index contributed by atoms with van der Waals surface area (Å²) in [5.74, 6) is 0.707. The largest absolute Gasteiger partial charge is 0.496 e. The second kappa shape index (κ2) is 9.50. The van der Waals surface area contributed by atoms with Gasteiger partial charge < -0.3 is 4.74 Å². The van der Waals surface area contributed by atoms with E-state index in [4.69, 9.17) is 26.9 Å². The first-order chi connectivity index (χ1) is 13.3. The van der Waals surface area contributed by atoms with Crippen molar-refractivity contribution < 1.29 is 4.74 Å². The molecule has 0 fully saturated rings. The Morgan fingerprint density at radius 1 is 1.36 bits per heavy atom. The van der Waals surface area contributed by atoms with Crippen molar-refractivity contribution in [1.82, 2.24) is 9.78 Å². The van der Waals surface area contributed by atoms with E-state index in [1.807, 2.05) is 0 Å². The molecule has 0 aliphatic carbocycles. The van der Waals surface area contributed by atoms with E-state index in [1.54, 1.807) is 29.1 Å². The molecule has 0 bridgehead atoms. The van der Waals surface area contributed by atoms with Gasteiger partial charge in [-0.25, -0.2) is 4.68 Å². The van der Waals surface area contributed by atoms with Crippen LogP contribution in [0.15, 0.2) is 28.2 Å². The van der Waals surface area contributed by atoms with E-state index in [0.717, 1.165) is 5.01 Å². The van der Waals surface area contributed by atoms with Crippen LogP contribution < -0.4 is 9.54 Å². The molecule has 1 aromatic carbocycles. The van der Waals surface area contributed by atoms with Gasteiger partial charge in [0.1, 0.15) is 10.8 Å². The van der Waals surface area contributed by atoms with Gasteiger partial charge in [0.25, 0.3) is 0 Å². The number of aryl methyl sites for hydroxylation is 1. The molecule has 28 heavy (non-hydrogen) atoms. The van der Waals surface area contributed by atoms with Gasteiger partial charge in [-0.1, -0.05) is 43.7 Å². The third kappa shape index (κ3) is 5.41. The molecule has 0 amide bonds. The lowest BCUT2D eigenvalue weighted by atomic mass is 9.98. The minimum absolute atomic E-state index is 0.157. The minimum Gasteiger partial charge on any atom is -0.496 e. The van der Waals surface area contributed by atoms with Crippen molar-refractivity contribution >= 4 is 28.8 Å². The van der Waals surface area contributed by atoms with E-state index in [9.17, 15) is 0 Å². The van der Waals surface area contributed by atoms with Crippen LogP contribution in [0.25, 0.3) is 0 Å². The number of hydrogen-bond acceptors (Lipinski definition) is 6. The van der Waals surface area contributed by atoms with Crippen LogP contribution in [0.1, 0.15) is 44.2 Å². The van der Waals surface area contributed by atoms with Gasteiger partial charge in [0.05, 0.1) is 18.7 Å². The van der Waals surface area contributed by atoms with Crippen LogP contribution in [0.4, 0.5) is 0 Å². The van der Waals surface area contributed by atoms with Crippen LogP contribution in [0, 0.1) is 22.8 Å². The lowest BCUT2D eigenvalue weighted by molar-refractivity contribution is 0.414. The number of halogens is 1. The first-order valence-corrected chi connectivity index (χ1v) is 9.80. The van der Waals surface area contributed by atoms with Crippen molar-refractivity contribution in [2.75, 3.05) is 7.11 Å². The first-order valence-electron chi connectivity index (χ1n) is 8.61. The number of benzene rings is 1. The van der Waals surface area contributed by atoms with Gasteiger partial charge in [0.2, 0.25) is 11.0 Å². The Labute approximate surface area is 173 Å². The Balaban J connectivity index is 2.63. The Morgan fingerprint density at radius 2 is 2.11 bits per heavy atom. The summed E-state index contributed by atoms with van der Waals surface area (Å²) in [5, 5.41) is 24.0. The number of aromatic nitrogens is 2. The first kappa shape index (κ1) is 21.6. The smallest absolute Gasteiger partial charge is 0.209 e. The van der Waals surface area contributed by atoms with E-state index in [1.165, 1.54) is 18.4 Å². The number of amidine groups is 1. The number of aliphatic imine (C=N–C) groups is 1. The normalized spacial score (nSPS) is 12.5. The Hall–Kier alpha value is -2.68. The molecule has 0 aliphatic rings. The summed E-state index contributed by atoms with van der Waals surface area (Å²) in [6.07, 6.45) is 2.88. The summed E-state index contributed by atoms with van der Waals surface area (Å²) < 4.78 is 7.13. The molecule has 1 aromatic heterocycles. The van der Waals surface area contributed by atoms with Gasteiger partial charge in [-0.2, -0.15) is 25.6 Å². The fourth-order valence-corrected chi connectivity index (χ4v) is 3.45. The summed E-state index contributed by atoms with van der Waals surface area (Å²) in [5.41, 5.74) is 0.362. The van der Waals surface area contributed by atoms with Gasteiger partial charge in [-0.15, -0.1) is 0 Å². The van der Waals surface area contributed by atoms with Gasteiger partial charge in [0.15, 0.2) is 5.84 Å². The second-order valence-corrected chi connectivity index (χ2v) is 8.31. The van der Waals surface area contributed by atoms with Crippen LogP contribution in [0.3, 0.4) is 0 Å². The van der Waals surface area contributed by atoms with Crippen LogP contribution >= 0.6 is 22.9 Å². The van der Waals surface area contributed by atoms with Gasteiger partial charge in [-0.05, 0) is 24.6 Å². The van der Waals surface area contributed by atoms with E-state index in [-0.39, 0.29) is 11.3 Å². The predicted octanol–water partition coefficient (Wildman–Crippen LogP) is 4.04. The van der Waals surface area contributed by atoms with E-state index in [0.29, 0.717) is 40.5 Å². The molecule has 2 rings (SSSR count). The maximum Gasteiger partial charge on any atom is 0.209 e. The Kier molecular flexibility index (Phi) is 7.33. The quantitative estimate of drug-likeness (QED) is 0.318. The van der Waals surface area contributed by atoms with E-state index in [2.05, 4.69) is 41.9 Å². The molecule has 0 atom stereocenters. The summed E-state index contributed by atoms with van der Waals surface area (Å²) in [6.45, 7) is 6.75. The maximum absolute atomic E-state index is 9.16. The van der Waals surface area contributed by atoms with Gasteiger partial charge >= 0.3 is 0 Å². The Bertz CT molecular complexity index is 1020. The highest BCUT2D eigenvalue weighted by molar-refractivity contribution is 7.09. The van der Waals surface area contributed by atoms with Crippen molar-refractivity contribution in [1.29, 1.82) is 10.5 Å². The molecule has 0 radical (unpaired) electrons. The van der Waals surface area contributed by atoms with E-state index >= 15 is 0 Å². The zero-order valence-electron chi connectivity index (χ0n) is 16.2. The lowest BCUT2D eigenvalue weighted by Crippen LogP contribution is -2.19. The number of rotatable bonds is 5. The molecule has 0 aliphatic heterocycles. The molecule has 0 unspecified atom stereocenters. The highest BCUT2D eigenvalue weighted by Crippen LogP contribution is 2.25. The summed E-state index contributed by atoms with van der Waals surface area (Å²) >= 11 is 7.55. The van der Waals surface area contributed by atoms with Crippen LogP contribution in [0.2, 0.25) is 5.02 Å². The molecule has 146 valence electrons. The van der Waals surface area contributed by atoms with E-state index < -0.39 is 0 Å². The fraction of sp³-hybridized carbons (Fsp3) is 0.421. The number of nitrogens with zero attached hydrogens (tertiary/aromatic N) is 6. The Morgan fingerprint density at radius 3 is 2.71 bits per heavy atom. The summed E-state index contributed by atoms with van der Waals surface area (Å²) in [7, 11) is 1.53. The predicted molar refractivity (Wildman–Crippen MR) is 109 cm³/mol. The van der Waals surface area contributed by atoms with Crippen molar-refractivity contribution in [3.63, 3.8) is 0 Å². The fourth-order valence-electron chi connectivity index (χ4n) is 2.29. The van der Waals surface area contributed by atoms with Crippen molar-refractivity contribution in [2.24, 2.45) is 9.98 Å². The SMILES string of the molecule is COc1ccc(Cl)cc1C(=NC#N)N=c1sc(C(C)(C)C)nn1CCCC#N. The topological polar surface area (TPSA) is 99.3 Å². The van der Waals surface area contributed by atoms with Crippen LogP contribution in [-0.4, -0.2) is 22.7 Å². The van der Waals surface area contributed by atoms with Gasteiger partial charge in [-0.3, -0.25) is 0 Å². The molecular formula is C19H21ClN6OS. The number of ether oxygens (including phenoxy) is 1. The third-order valence-corrected chi connectivity index (χ3v) is 5.29. The number of nitriles is 2. The van der Waals surface area contributed by atoms with Gasteiger partial charge in [0, 0.05) is 23.4 Å². The molecular weight excluding hydrogens is 396 g/mol. The number of hydrogen-bond donors (Lipinski definition) is 0. The highest BCUT2D eigenvalue weighted by Gasteiger charge is 2.20.